The van der Waals surface area contributed by atoms with Gasteiger partial charge in [0, 0.05) is 29.8 Å². The van der Waals surface area contributed by atoms with Gasteiger partial charge in [0.2, 0.25) is 0 Å². The van der Waals surface area contributed by atoms with Crippen molar-refractivity contribution in [1.82, 2.24) is 4.90 Å². The predicted molar refractivity (Wildman–Crippen MR) is 170 cm³/mol. The van der Waals surface area contributed by atoms with Crippen LogP contribution in [-0.4, -0.2) is 49.3 Å². The third kappa shape index (κ3) is 7.38. The van der Waals surface area contributed by atoms with Gasteiger partial charge >= 0.3 is 0 Å². The molecule has 1 fully saturated rings. The molecule has 1 heterocycles. The van der Waals surface area contributed by atoms with E-state index in [0.717, 1.165) is 16.7 Å². The topological polar surface area (TPSA) is 108 Å². The van der Waals surface area contributed by atoms with Crippen LogP contribution in [0, 0.1) is 5.92 Å². The molecule has 0 saturated carbocycles. The number of nitrogens with zero attached hydrogens (tertiary/aromatic N) is 1. The number of ether oxygens (including phenoxy) is 2. The lowest BCUT2D eigenvalue weighted by Crippen LogP contribution is -2.46. The Kier molecular flexibility index (Phi) is 10.2. The molecule has 1 aliphatic rings. The lowest BCUT2D eigenvalue weighted by molar-refractivity contribution is -0.276. The van der Waals surface area contributed by atoms with Crippen LogP contribution in [0.3, 0.4) is 0 Å². The average molecular weight is 617 g/mol. The summed E-state index contributed by atoms with van der Waals surface area (Å²) >= 11 is 0. The second-order valence-corrected chi connectivity index (χ2v) is 13.1. The molecular weight excluding hydrogens is 576 g/mol. The summed E-state index contributed by atoms with van der Waals surface area (Å²) in [5, 5.41) is 20.6. The van der Waals surface area contributed by atoms with Crippen molar-refractivity contribution in [2.75, 3.05) is 18.3 Å². The van der Waals surface area contributed by atoms with E-state index in [0.29, 0.717) is 17.8 Å². The highest BCUT2D eigenvalue weighted by Crippen LogP contribution is 2.42. The molecule has 6 atom stereocenters. The Morgan fingerprint density at radius 2 is 1.52 bits per heavy atom. The van der Waals surface area contributed by atoms with Gasteiger partial charge in [-0.15, -0.1) is 0 Å². The molecule has 4 aromatic rings. The Balaban J connectivity index is 1.40. The molecule has 0 aromatic heterocycles. The standard InChI is InChI=1S/C35H40N2O6S/c1-24-32(22-37(3)25(2)33(39)27-11-6-4-7-12-27)42-35(43-34(24)28-19-17-26(23-38)18-20-28)29-13-10-14-30(21-29)36-44(40,41)31-15-8-5-9-16-31/h4-21,24-25,32-36,38-39H,22-23H2,1-3H3/t24-,25-,32+,33-,34+,35?/m0/s1. The lowest BCUT2D eigenvalue weighted by Gasteiger charge is -2.43. The molecule has 9 heteroatoms. The van der Waals surface area contributed by atoms with Gasteiger partial charge in [-0.05, 0) is 54.9 Å². The maximum Gasteiger partial charge on any atom is 0.261 e. The maximum atomic E-state index is 13.0. The molecule has 1 aliphatic heterocycles. The van der Waals surface area contributed by atoms with Crippen molar-refractivity contribution in [3.63, 3.8) is 0 Å². The normalized spacial score (nSPS) is 22.0. The van der Waals surface area contributed by atoms with Crippen LogP contribution in [0.25, 0.3) is 0 Å². The Morgan fingerprint density at radius 1 is 0.864 bits per heavy atom. The van der Waals surface area contributed by atoms with E-state index in [1.165, 1.54) is 0 Å². The largest absolute Gasteiger partial charge is 0.392 e. The maximum absolute atomic E-state index is 13.0. The van der Waals surface area contributed by atoms with Gasteiger partial charge in [-0.25, -0.2) is 8.42 Å². The fraction of sp³-hybridized carbons (Fsp3) is 0.314. The van der Waals surface area contributed by atoms with E-state index in [4.69, 9.17) is 9.47 Å². The summed E-state index contributed by atoms with van der Waals surface area (Å²) in [5.41, 5.74) is 3.68. The number of nitrogens with one attached hydrogen (secondary N) is 1. The highest BCUT2D eigenvalue weighted by Gasteiger charge is 2.39. The van der Waals surface area contributed by atoms with E-state index in [1.807, 2.05) is 74.6 Å². The fourth-order valence-corrected chi connectivity index (χ4v) is 6.58. The first kappa shape index (κ1) is 31.8. The van der Waals surface area contributed by atoms with Gasteiger partial charge in [0.15, 0.2) is 6.29 Å². The molecule has 0 aliphatic carbocycles. The minimum absolute atomic E-state index is 0.0478. The molecule has 232 valence electrons. The number of hydrogen-bond donors (Lipinski definition) is 3. The van der Waals surface area contributed by atoms with Crippen molar-refractivity contribution >= 4 is 15.7 Å². The molecular formula is C35H40N2O6S. The van der Waals surface area contributed by atoms with Gasteiger partial charge in [-0.1, -0.05) is 91.9 Å². The number of rotatable bonds is 11. The Labute approximate surface area is 259 Å². The number of aliphatic hydroxyl groups excluding tert-OH is 2. The van der Waals surface area contributed by atoms with E-state index < -0.39 is 22.4 Å². The number of benzene rings is 4. The van der Waals surface area contributed by atoms with Gasteiger partial charge in [0.05, 0.1) is 29.8 Å². The van der Waals surface area contributed by atoms with Gasteiger partial charge in [0.25, 0.3) is 10.0 Å². The SMILES string of the molecule is C[C@H]1[C@@H](CN(C)[C@@H](C)[C@H](O)c2ccccc2)OC(c2cccc(NS(=O)(=O)c3ccccc3)c2)O[C@H]1c1ccc(CO)cc1. The van der Waals surface area contributed by atoms with E-state index in [1.54, 1.807) is 48.5 Å². The molecule has 44 heavy (non-hydrogen) atoms. The minimum atomic E-state index is -3.78. The number of aliphatic hydroxyl groups is 2. The molecule has 1 saturated heterocycles. The number of anilines is 1. The molecule has 4 aromatic carbocycles. The monoisotopic (exact) mass is 616 g/mol. The van der Waals surface area contributed by atoms with Crippen molar-refractivity contribution in [1.29, 1.82) is 0 Å². The lowest BCUT2D eigenvalue weighted by atomic mass is 9.89. The smallest absolute Gasteiger partial charge is 0.261 e. The van der Waals surface area contributed by atoms with E-state index >= 15 is 0 Å². The van der Waals surface area contributed by atoms with Crippen LogP contribution < -0.4 is 4.72 Å². The molecule has 0 amide bonds. The summed E-state index contributed by atoms with van der Waals surface area (Å²) in [6.07, 6.45) is -2.07. The highest BCUT2D eigenvalue weighted by molar-refractivity contribution is 7.92. The second-order valence-electron chi connectivity index (χ2n) is 11.4. The minimum Gasteiger partial charge on any atom is -0.392 e. The van der Waals surface area contributed by atoms with Crippen LogP contribution in [0.2, 0.25) is 0 Å². The highest BCUT2D eigenvalue weighted by atomic mass is 32.2. The second kappa shape index (κ2) is 14.0. The van der Waals surface area contributed by atoms with E-state index in [2.05, 4.69) is 16.5 Å². The number of sulfonamides is 1. The van der Waals surface area contributed by atoms with Gasteiger partial charge < -0.3 is 19.7 Å². The van der Waals surface area contributed by atoms with Crippen LogP contribution in [-0.2, 0) is 26.1 Å². The third-order valence-electron chi connectivity index (χ3n) is 8.35. The quantitative estimate of drug-likeness (QED) is 0.195. The average Bonchev–Trinajstić information content (AvgIpc) is 3.05. The number of likely N-dealkylation sites (N-methyl/N-ethyl adjacent to an activating group) is 1. The molecule has 0 radical (unpaired) electrons. The van der Waals surface area contributed by atoms with Crippen molar-refractivity contribution in [3.8, 4) is 0 Å². The first-order chi connectivity index (χ1) is 21.2. The van der Waals surface area contributed by atoms with Crippen molar-refractivity contribution < 1.29 is 28.1 Å². The first-order valence-corrected chi connectivity index (χ1v) is 16.3. The predicted octanol–water partition coefficient (Wildman–Crippen LogP) is 5.83. The third-order valence-corrected chi connectivity index (χ3v) is 9.75. The van der Waals surface area contributed by atoms with E-state index in [-0.39, 0.29) is 35.7 Å². The van der Waals surface area contributed by atoms with Crippen LogP contribution in [0.5, 0.6) is 0 Å². The molecule has 0 spiro atoms. The van der Waals surface area contributed by atoms with Gasteiger partial charge in [-0.2, -0.15) is 0 Å². The van der Waals surface area contributed by atoms with Crippen LogP contribution in [0.4, 0.5) is 5.69 Å². The molecule has 3 N–H and O–H groups in total. The van der Waals surface area contributed by atoms with Crippen molar-refractivity contribution in [3.05, 3.63) is 131 Å². The molecule has 5 rings (SSSR count). The van der Waals surface area contributed by atoms with Crippen LogP contribution in [0.1, 0.15) is 54.6 Å². The summed E-state index contributed by atoms with van der Waals surface area (Å²) in [4.78, 5) is 2.27. The first-order valence-electron chi connectivity index (χ1n) is 14.8. The van der Waals surface area contributed by atoms with Crippen LogP contribution in [0.15, 0.2) is 114 Å². The Bertz CT molecular complexity index is 1600. The summed E-state index contributed by atoms with van der Waals surface area (Å²) in [5.74, 6) is -0.0606. The zero-order valence-corrected chi connectivity index (χ0v) is 26.0. The van der Waals surface area contributed by atoms with Crippen molar-refractivity contribution in [2.24, 2.45) is 5.92 Å². The van der Waals surface area contributed by atoms with Crippen LogP contribution >= 0.6 is 0 Å². The molecule has 0 bridgehead atoms. The summed E-state index contributed by atoms with van der Waals surface area (Å²) in [6, 6.07) is 32.4. The zero-order chi connectivity index (χ0) is 31.3. The fourth-order valence-electron chi connectivity index (χ4n) is 5.51. The van der Waals surface area contributed by atoms with Gasteiger partial charge in [-0.3, -0.25) is 9.62 Å². The summed E-state index contributed by atoms with van der Waals surface area (Å²) in [7, 11) is -1.81. The van der Waals surface area contributed by atoms with E-state index in [9.17, 15) is 18.6 Å². The summed E-state index contributed by atoms with van der Waals surface area (Å²) < 4.78 is 41.8. The van der Waals surface area contributed by atoms with Gasteiger partial charge in [0.1, 0.15) is 0 Å². The summed E-state index contributed by atoms with van der Waals surface area (Å²) in [6.45, 7) is 4.56. The Morgan fingerprint density at radius 3 is 2.18 bits per heavy atom. The number of hydrogen-bond acceptors (Lipinski definition) is 7. The Hall–Kier alpha value is -3.57. The van der Waals surface area contributed by atoms with Crippen molar-refractivity contribution in [2.45, 2.75) is 56.0 Å². The molecule has 1 unspecified atom stereocenters. The molecule has 8 nitrogen and oxygen atoms in total. The zero-order valence-electron chi connectivity index (χ0n) is 25.2.